The topological polar surface area (TPSA) is 71.0 Å². The minimum atomic E-state index is -0.0777. The summed E-state index contributed by atoms with van der Waals surface area (Å²) in [5.74, 6) is 1.12. The molecule has 3 atom stereocenters. The smallest absolute Gasteiger partial charge is 0.225 e. The van der Waals surface area contributed by atoms with Gasteiger partial charge in [-0.25, -0.2) is 9.97 Å². The molecule has 0 aliphatic carbocycles. The molecule has 7 nitrogen and oxygen atoms in total. The monoisotopic (exact) mass is 410 g/mol. The summed E-state index contributed by atoms with van der Waals surface area (Å²) in [6.07, 6.45) is 3.35. The molecule has 3 aliphatic rings. The molecule has 4 heterocycles. The van der Waals surface area contributed by atoms with E-state index >= 15 is 0 Å². The summed E-state index contributed by atoms with van der Waals surface area (Å²) in [5, 5.41) is 9.54. The zero-order chi connectivity index (χ0) is 20.7. The molecule has 7 heteroatoms. The van der Waals surface area contributed by atoms with Gasteiger partial charge in [-0.05, 0) is 44.5 Å². The summed E-state index contributed by atoms with van der Waals surface area (Å²) >= 11 is 0. The van der Waals surface area contributed by atoms with E-state index in [1.165, 1.54) is 11.3 Å². The van der Waals surface area contributed by atoms with Crippen LogP contribution in [0.2, 0.25) is 0 Å². The molecule has 2 saturated heterocycles. The number of morpholine rings is 1. The maximum Gasteiger partial charge on any atom is 0.225 e. The van der Waals surface area contributed by atoms with Crippen molar-refractivity contribution in [3.8, 4) is 5.75 Å². The predicted octanol–water partition coefficient (Wildman–Crippen LogP) is 2.47. The maximum atomic E-state index is 9.54. The van der Waals surface area contributed by atoms with E-state index in [1.54, 1.807) is 12.1 Å². The molecule has 0 unspecified atom stereocenters. The molecule has 0 radical (unpaired) electrons. The van der Waals surface area contributed by atoms with Crippen LogP contribution in [0.3, 0.4) is 0 Å². The van der Waals surface area contributed by atoms with Crippen LogP contribution in [0.1, 0.15) is 37.1 Å². The Labute approximate surface area is 177 Å². The van der Waals surface area contributed by atoms with Gasteiger partial charge in [-0.2, -0.15) is 0 Å². The molecule has 3 aliphatic heterocycles. The van der Waals surface area contributed by atoms with E-state index in [4.69, 9.17) is 14.5 Å². The number of aromatic nitrogens is 2. The van der Waals surface area contributed by atoms with Gasteiger partial charge in [0.1, 0.15) is 5.75 Å². The lowest BCUT2D eigenvalue weighted by molar-refractivity contribution is -0.00584. The molecule has 1 spiro atoms. The van der Waals surface area contributed by atoms with Gasteiger partial charge < -0.3 is 19.5 Å². The van der Waals surface area contributed by atoms with Gasteiger partial charge in [-0.1, -0.05) is 12.1 Å². The fraction of sp³-hybridized carbons (Fsp3) is 0.565. The molecule has 0 amide bonds. The van der Waals surface area contributed by atoms with E-state index in [2.05, 4.69) is 28.6 Å². The number of nitrogens with zero attached hydrogens (tertiary/aromatic N) is 4. The Morgan fingerprint density at radius 1 is 1.17 bits per heavy atom. The highest BCUT2D eigenvalue weighted by molar-refractivity contribution is 5.39. The van der Waals surface area contributed by atoms with Crippen molar-refractivity contribution < 1.29 is 14.6 Å². The molecule has 0 saturated carbocycles. The molecule has 2 aromatic rings. The number of phenolic OH excluding ortho intramolecular Hbond substituents is 1. The molecule has 160 valence electrons. The third-order valence-electron chi connectivity index (χ3n) is 6.47. The zero-order valence-corrected chi connectivity index (χ0v) is 17.8. The number of benzene rings is 1. The first kappa shape index (κ1) is 19.7. The van der Waals surface area contributed by atoms with Gasteiger partial charge in [0.05, 0.1) is 36.5 Å². The molecule has 0 bridgehead atoms. The van der Waals surface area contributed by atoms with Crippen molar-refractivity contribution in [3.05, 3.63) is 47.3 Å². The Balaban J connectivity index is 1.38. The van der Waals surface area contributed by atoms with Gasteiger partial charge in [0, 0.05) is 37.9 Å². The Kier molecular flexibility index (Phi) is 5.13. The van der Waals surface area contributed by atoms with Gasteiger partial charge in [-0.3, -0.25) is 4.90 Å². The van der Waals surface area contributed by atoms with Gasteiger partial charge in [0.25, 0.3) is 0 Å². The summed E-state index contributed by atoms with van der Waals surface area (Å²) in [6.45, 7) is 9.95. The average molecular weight is 411 g/mol. The van der Waals surface area contributed by atoms with Gasteiger partial charge in [0.15, 0.2) is 0 Å². The molecule has 1 aromatic heterocycles. The predicted molar refractivity (Wildman–Crippen MR) is 114 cm³/mol. The van der Waals surface area contributed by atoms with Crippen LogP contribution in [0.15, 0.2) is 30.5 Å². The Bertz CT molecular complexity index is 896. The number of hydrogen-bond acceptors (Lipinski definition) is 7. The highest BCUT2D eigenvalue weighted by Crippen LogP contribution is 2.40. The van der Waals surface area contributed by atoms with E-state index in [0.717, 1.165) is 50.7 Å². The molecule has 2 fully saturated rings. The van der Waals surface area contributed by atoms with Crippen molar-refractivity contribution in [2.45, 2.75) is 51.0 Å². The third-order valence-corrected chi connectivity index (χ3v) is 6.47. The fourth-order valence-electron chi connectivity index (χ4n) is 5.14. The van der Waals surface area contributed by atoms with Crippen molar-refractivity contribution >= 4 is 5.95 Å². The van der Waals surface area contributed by atoms with E-state index < -0.39 is 0 Å². The highest BCUT2D eigenvalue weighted by atomic mass is 16.5. The molecular weight excluding hydrogens is 380 g/mol. The number of ether oxygens (including phenoxy) is 2. The Morgan fingerprint density at radius 3 is 2.70 bits per heavy atom. The molecule has 30 heavy (non-hydrogen) atoms. The standard InChI is InChI=1S/C23H30N4O3/c1-16-10-27(11-17(2)30-16)22-24-9-19-13-29-15-23(21(19)25-22)7-8-26(14-23)12-18-3-5-20(28)6-4-18/h3-6,9,16-17,28H,7-8,10-15H2,1-2H3/t16-,17+,23-/m0/s1. The Morgan fingerprint density at radius 2 is 1.93 bits per heavy atom. The first-order valence-electron chi connectivity index (χ1n) is 10.9. The lowest BCUT2D eigenvalue weighted by Crippen LogP contribution is -2.47. The number of fused-ring (bicyclic) bond motifs is 2. The van der Waals surface area contributed by atoms with Gasteiger partial charge >= 0.3 is 0 Å². The van der Waals surface area contributed by atoms with Crippen LogP contribution >= 0.6 is 0 Å². The first-order chi connectivity index (χ1) is 14.5. The quantitative estimate of drug-likeness (QED) is 0.833. The lowest BCUT2D eigenvalue weighted by atomic mass is 9.80. The summed E-state index contributed by atoms with van der Waals surface area (Å²) in [6, 6.07) is 7.49. The zero-order valence-electron chi connectivity index (χ0n) is 17.8. The van der Waals surface area contributed by atoms with E-state index in [1.807, 2.05) is 18.3 Å². The first-order valence-corrected chi connectivity index (χ1v) is 10.9. The average Bonchev–Trinajstić information content (AvgIpc) is 3.12. The van der Waals surface area contributed by atoms with E-state index in [9.17, 15) is 5.11 Å². The number of hydrogen-bond donors (Lipinski definition) is 1. The van der Waals surface area contributed by atoms with Crippen LogP contribution < -0.4 is 4.90 Å². The van der Waals surface area contributed by atoms with Crippen LogP contribution in [0.25, 0.3) is 0 Å². The molecule has 1 aromatic carbocycles. The lowest BCUT2D eigenvalue weighted by Gasteiger charge is -2.38. The number of likely N-dealkylation sites (tertiary alicyclic amines) is 1. The van der Waals surface area contributed by atoms with Crippen LogP contribution in [-0.2, 0) is 28.0 Å². The van der Waals surface area contributed by atoms with Gasteiger partial charge in [0.2, 0.25) is 5.95 Å². The van der Waals surface area contributed by atoms with Crippen molar-refractivity contribution in [3.63, 3.8) is 0 Å². The summed E-state index contributed by atoms with van der Waals surface area (Å²) < 4.78 is 11.9. The normalized spacial score (nSPS) is 29.3. The van der Waals surface area contributed by atoms with Crippen LogP contribution in [-0.4, -0.2) is 65.0 Å². The second kappa shape index (κ2) is 7.80. The van der Waals surface area contributed by atoms with Crippen molar-refractivity contribution in [1.82, 2.24) is 14.9 Å². The number of anilines is 1. The largest absolute Gasteiger partial charge is 0.508 e. The van der Waals surface area contributed by atoms with Crippen LogP contribution in [0.5, 0.6) is 5.75 Å². The third kappa shape index (κ3) is 3.77. The van der Waals surface area contributed by atoms with Crippen LogP contribution in [0, 0.1) is 0 Å². The SMILES string of the molecule is C[C@@H]1CN(c2ncc3c(n2)[C@]2(CCN(Cc4ccc(O)cc4)C2)COC3)C[C@H](C)O1. The van der Waals surface area contributed by atoms with Crippen molar-refractivity contribution in [2.24, 2.45) is 0 Å². The van der Waals surface area contributed by atoms with E-state index in [-0.39, 0.29) is 17.6 Å². The van der Waals surface area contributed by atoms with E-state index in [0.29, 0.717) is 19.0 Å². The summed E-state index contributed by atoms with van der Waals surface area (Å²) in [7, 11) is 0. The Hall–Kier alpha value is -2.22. The van der Waals surface area contributed by atoms with Gasteiger partial charge in [-0.15, -0.1) is 0 Å². The van der Waals surface area contributed by atoms with Crippen LogP contribution in [0.4, 0.5) is 5.95 Å². The van der Waals surface area contributed by atoms with Crippen molar-refractivity contribution in [2.75, 3.05) is 37.7 Å². The minimum absolute atomic E-state index is 0.0777. The summed E-state index contributed by atoms with van der Waals surface area (Å²) in [4.78, 5) is 14.5. The maximum absolute atomic E-state index is 9.54. The molecule has 1 N–H and O–H groups in total. The number of aromatic hydroxyl groups is 1. The highest BCUT2D eigenvalue weighted by Gasteiger charge is 2.45. The number of rotatable bonds is 3. The minimum Gasteiger partial charge on any atom is -0.508 e. The second-order valence-electron chi connectivity index (χ2n) is 9.11. The van der Waals surface area contributed by atoms with Crippen molar-refractivity contribution in [1.29, 1.82) is 0 Å². The summed E-state index contributed by atoms with van der Waals surface area (Å²) in [5.41, 5.74) is 3.41. The fourth-order valence-corrected chi connectivity index (χ4v) is 5.14. The molecule has 5 rings (SSSR count). The second-order valence-corrected chi connectivity index (χ2v) is 9.11. The molecular formula is C23H30N4O3. The number of phenols is 1.